The average molecular weight is 230 g/mol. The van der Waals surface area contributed by atoms with Crippen molar-refractivity contribution in [3.8, 4) is 6.07 Å². The van der Waals surface area contributed by atoms with Gasteiger partial charge < -0.3 is 5.73 Å². The summed E-state index contributed by atoms with van der Waals surface area (Å²) in [7, 11) is 0. The number of likely N-dealkylation sites (tertiary alicyclic amines) is 1. The summed E-state index contributed by atoms with van der Waals surface area (Å²) in [5, 5.41) is 9.00. The van der Waals surface area contributed by atoms with Crippen LogP contribution in [-0.2, 0) is 6.54 Å². The lowest BCUT2D eigenvalue weighted by Gasteiger charge is -2.36. The molecular formula is C13H18N4. The van der Waals surface area contributed by atoms with Gasteiger partial charge in [0.05, 0.1) is 0 Å². The second kappa shape index (κ2) is 5.26. The maximum Gasteiger partial charge on any atom is 0.144 e. The van der Waals surface area contributed by atoms with Crippen LogP contribution in [0.5, 0.6) is 0 Å². The molecule has 1 aliphatic rings. The first kappa shape index (κ1) is 12.0. The van der Waals surface area contributed by atoms with Gasteiger partial charge in [-0.15, -0.1) is 0 Å². The number of hydrogen-bond donors (Lipinski definition) is 1. The zero-order valence-corrected chi connectivity index (χ0v) is 10.1. The maximum absolute atomic E-state index is 9.00. The minimum atomic E-state index is 0.325. The predicted octanol–water partition coefficient (Wildman–Crippen LogP) is 1.26. The Labute approximate surface area is 102 Å². The molecule has 0 bridgehead atoms. The molecule has 2 N–H and O–H groups in total. The molecule has 0 aliphatic carbocycles. The first-order chi connectivity index (χ1) is 8.20. The van der Waals surface area contributed by atoms with E-state index < -0.39 is 0 Å². The molecule has 1 aromatic heterocycles. The molecular weight excluding hydrogens is 212 g/mol. The summed E-state index contributed by atoms with van der Waals surface area (Å²) in [5.41, 5.74) is 7.49. The maximum atomic E-state index is 9.00. The lowest BCUT2D eigenvalue weighted by molar-refractivity contribution is 0.140. The van der Waals surface area contributed by atoms with Crippen molar-refractivity contribution in [3.63, 3.8) is 0 Å². The van der Waals surface area contributed by atoms with Gasteiger partial charge in [-0.25, -0.2) is 4.98 Å². The normalized spacial score (nSPS) is 25.5. The minimum absolute atomic E-state index is 0.325. The minimum Gasteiger partial charge on any atom is -0.328 e. The molecule has 0 saturated carbocycles. The molecule has 1 saturated heterocycles. The van der Waals surface area contributed by atoms with Gasteiger partial charge in [-0.05, 0) is 25.8 Å². The predicted molar refractivity (Wildman–Crippen MR) is 66.0 cm³/mol. The van der Waals surface area contributed by atoms with Crippen LogP contribution in [0.4, 0.5) is 0 Å². The number of aromatic nitrogens is 1. The van der Waals surface area contributed by atoms with Crippen LogP contribution in [0.3, 0.4) is 0 Å². The Morgan fingerprint density at radius 3 is 3.18 bits per heavy atom. The number of piperidine rings is 1. The lowest BCUT2D eigenvalue weighted by Crippen LogP contribution is -2.45. The smallest absolute Gasteiger partial charge is 0.144 e. The Morgan fingerprint density at radius 2 is 2.47 bits per heavy atom. The van der Waals surface area contributed by atoms with Gasteiger partial charge in [0.1, 0.15) is 11.8 Å². The highest BCUT2D eigenvalue weighted by molar-refractivity contribution is 5.30. The summed E-state index contributed by atoms with van der Waals surface area (Å²) >= 11 is 0. The Hall–Kier alpha value is -1.44. The fourth-order valence-electron chi connectivity index (χ4n) is 2.38. The molecule has 0 radical (unpaired) electrons. The van der Waals surface area contributed by atoms with Crippen molar-refractivity contribution < 1.29 is 0 Å². The van der Waals surface area contributed by atoms with E-state index in [9.17, 15) is 0 Å². The molecule has 2 unspecified atom stereocenters. The molecule has 2 atom stereocenters. The van der Waals surface area contributed by atoms with Crippen molar-refractivity contribution in [3.05, 3.63) is 29.6 Å². The van der Waals surface area contributed by atoms with Crippen molar-refractivity contribution in [1.29, 1.82) is 5.26 Å². The largest absolute Gasteiger partial charge is 0.328 e. The molecule has 0 spiro atoms. The van der Waals surface area contributed by atoms with Crippen LogP contribution >= 0.6 is 0 Å². The first-order valence-electron chi connectivity index (χ1n) is 6.04. The molecule has 1 aliphatic heterocycles. The van der Waals surface area contributed by atoms with E-state index in [0.717, 1.165) is 31.5 Å². The summed E-state index contributed by atoms with van der Waals surface area (Å²) in [6.07, 6.45) is 3.73. The average Bonchev–Trinajstić information content (AvgIpc) is 2.33. The van der Waals surface area contributed by atoms with E-state index >= 15 is 0 Å². The SMILES string of the molecule is CC1CC(N)CCN1Cc1cccnc1C#N. The number of pyridine rings is 1. The van der Waals surface area contributed by atoms with Gasteiger partial charge in [0.15, 0.2) is 0 Å². The fourth-order valence-corrected chi connectivity index (χ4v) is 2.38. The molecule has 0 aromatic carbocycles. The van der Waals surface area contributed by atoms with Crippen molar-refractivity contribution in [2.45, 2.75) is 38.4 Å². The second-order valence-corrected chi connectivity index (χ2v) is 4.73. The van der Waals surface area contributed by atoms with Gasteiger partial charge in [0, 0.05) is 36.9 Å². The first-order valence-corrected chi connectivity index (χ1v) is 6.04. The van der Waals surface area contributed by atoms with Crippen molar-refractivity contribution in [1.82, 2.24) is 9.88 Å². The molecule has 4 heteroatoms. The Balaban J connectivity index is 2.08. The standard InChI is InChI=1S/C13H18N4/c1-10-7-12(15)4-6-17(10)9-11-3-2-5-16-13(11)8-14/h2-3,5,10,12H,4,6-7,9,15H2,1H3. The molecule has 2 rings (SSSR count). The Kier molecular flexibility index (Phi) is 3.72. The summed E-state index contributed by atoms with van der Waals surface area (Å²) < 4.78 is 0. The van der Waals surface area contributed by atoms with Crippen LogP contribution in [-0.4, -0.2) is 28.5 Å². The summed E-state index contributed by atoms with van der Waals surface area (Å²) in [6, 6.07) is 6.81. The topological polar surface area (TPSA) is 65.9 Å². The third-order valence-corrected chi connectivity index (χ3v) is 3.42. The van der Waals surface area contributed by atoms with E-state index in [0.29, 0.717) is 17.8 Å². The van der Waals surface area contributed by atoms with Crippen LogP contribution in [0.1, 0.15) is 31.0 Å². The molecule has 0 amide bonds. The highest BCUT2D eigenvalue weighted by atomic mass is 15.2. The third kappa shape index (κ3) is 2.82. The van der Waals surface area contributed by atoms with Crippen molar-refractivity contribution in [2.24, 2.45) is 5.73 Å². The quantitative estimate of drug-likeness (QED) is 0.830. The molecule has 2 heterocycles. The van der Waals surface area contributed by atoms with Gasteiger partial charge in [-0.3, -0.25) is 4.90 Å². The zero-order valence-electron chi connectivity index (χ0n) is 10.1. The van der Waals surface area contributed by atoms with E-state index in [1.165, 1.54) is 0 Å². The number of rotatable bonds is 2. The number of nitrogens with two attached hydrogens (primary N) is 1. The number of hydrogen-bond acceptors (Lipinski definition) is 4. The number of nitriles is 1. The Bertz CT molecular complexity index is 424. The number of nitrogens with zero attached hydrogens (tertiary/aromatic N) is 3. The molecule has 17 heavy (non-hydrogen) atoms. The van der Waals surface area contributed by atoms with Gasteiger partial charge >= 0.3 is 0 Å². The third-order valence-electron chi connectivity index (χ3n) is 3.42. The highest BCUT2D eigenvalue weighted by Crippen LogP contribution is 2.19. The van der Waals surface area contributed by atoms with Crippen LogP contribution in [0, 0.1) is 11.3 Å². The Morgan fingerprint density at radius 1 is 1.65 bits per heavy atom. The molecule has 1 aromatic rings. The molecule has 1 fully saturated rings. The van der Waals surface area contributed by atoms with Crippen LogP contribution in [0.25, 0.3) is 0 Å². The lowest BCUT2D eigenvalue weighted by atomic mass is 9.98. The molecule has 90 valence electrons. The summed E-state index contributed by atoms with van der Waals surface area (Å²) in [5.74, 6) is 0. The van der Waals surface area contributed by atoms with Gasteiger partial charge in [-0.1, -0.05) is 6.07 Å². The van der Waals surface area contributed by atoms with Crippen LogP contribution in [0.15, 0.2) is 18.3 Å². The van der Waals surface area contributed by atoms with Gasteiger partial charge in [0.2, 0.25) is 0 Å². The summed E-state index contributed by atoms with van der Waals surface area (Å²) in [6.45, 7) is 3.99. The highest BCUT2D eigenvalue weighted by Gasteiger charge is 2.23. The van der Waals surface area contributed by atoms with Gasteiger partial charge in [-0.2, -0.15) is 5.26 Å². The van der Waals surface area contributed by atoms with Crippen molar-refractivity contribution >= 4 is 0 Å². The molecule has 4 nitrogen and oxygen atoms in total. The van der Waals surface area contributed by atoms with E-state index in [4.69, 9.17) is 11.0 Å². The van der Waals surface area contributed by atoms with E-state index in [-0.39, 0.29) is 0 Å². The monoisotopic (exact) mass is 230 g/mol. The van der Waals surface area contributed by atoms with E-state index in [1.54, 1.807) is 6.20 Å². The summed E-state index contributed by atoms with van der Waals surface area (Å²) in [4.78, 5) is 6.47. The zero-order chi connectivity index (χ0) is 12.3. The second-order valence-electron chi connectivity index (χ2n) is 4.73. The van der Waals surface area contributed by atoms with Crippen molar-refractivity contribution in [2.75, 3.05) is 6.54 Å². The van der Waals surface area contributed by atoms with E-state index in [2.05, 4.69) is 22.9 Å². The van der Waals surface area contributed by atoms with Crippen LogP contribution in [0.2, 0.25) is 0 Å². The van der Waals surface area contributed by atoms with Gasteiger partial charge in [0.25, 0.3) is 0 Å². The fraction of sp³-hybridized carbons (Fsp3) is 0.538. The van der Waals surface area contributed by atoms with E-state index in [1.807, 2.05) is 12.1 Å². The van der Waals surface area contributed by atoms with Crippen LogP contribution < -0.4 is 5.73 Å².